The number of likely N-dealkylation sites (N-methyl/N-ethyl adjacent to an activating group) is 1. The first-order valence-corrected chi connectivity index (χ1v) is 9.99. The molecule has 0 aliphatic carbocycles. The highest BCUT2D eigenvalue weighted by Gasteiger charge is 2.30. The smallest absolute Gasteiger partial charge is 0.252 e. The standard InChI is InChI=1S/C13H22BrN3O2S2/c1-11-10-12(20-13(11)14)21(18,19)17-8-6-16(7-9-17)5-4-15(2)3/h10H,4-9H2,1-3H3. The molecule has 5 nitrogen and oxygen atoms in total. The van der Waals surface area contributed by atoms with Crippen LogP contribution in [0.2, 0.25) is 0 Å². The Morgan fingerprint density at radius 2 is 1.90 bits per heavy atom. The van der Waals surface area contributed by atoms with Crippen molar-refractivity contribution in [1.29, 1.82) is 0 Å². The van der Waals surface area contributed by atoms with Crippen LogP contribution < -0.4 is 0 Å². The van der Waals surface area contributed by atoms with Gasteiger partial charge in [-0.15, -0.1) is 11.3 Å². The molecule has 120 valence electrons. The van der Waals surface area contributed by atoms with Crippen LogP contribution in [-0.2, 0) is 10.0 Å². The quantitative estimate of drug-likeness (QED) is 0.760. The van der Waals surface area contributed by atoms with E-state index in [-0.39, 0.29) is 0 Å². The maximum Gasteiger partial charge on any atom is 0.252 e. The minimum absolute atomic E-state index is 0.439. The molecule has 1 aromatic rings. The van der Waals surface area contributed by atoms with Crippen LogP contribution in [0.5, 0.6) is 0 Å². The molecule has 0 atom stereocenters. The summed E-state index contributed by atoms with van der Waals surface area (Å²) in [6.07, 6.45) is 0. The first-order valence-electron chi connectivity index (χ1n) is 6.94. The summed E-state index contributed by atoms with van der Waals surface area (Å²) in [6, 6.07) is 1.75. The molecule has 0 amide bonds. The van der Waals surface area contributed by atoms with Crippen molar-refractivity contribution >= 4 is 37.3 Å². The number of nitrogens with zero attached hydrogens (tertiary/aromatic N) is 3. The fraction of sp³-hybridized carbons (Fsp3) is 0.692. The van der Waals surface area contributed by atoms with Gasteiger partial charge >= 0.3 is 0 Å². The zero-order valence-corrected chi connectivity index (χ0v) is 15.9. The summed E-state index contributed by atoms with van der Waals surface area (Å²) in [5.74, 6) is 0. The van der Waals surface area contributed by atoms with E-state index in [1.54, 1.807) is 10.4 Å². The molecule has 0 spiro atoms. The average Bonchev–Trinajstić information content (AvgIpc) is 2.77. The van der Waals surface area contributed by atoms with Gasteiger partial charge in [-0.25, -0.2) is 8.42 Å². The summed E-state index contributed by atoms with van der Waals surface area (Å²) in [5.41, 5.74) is 0.975. The van der Waals surface area contributed by atoms with E-state index >= 15 is 0 Å². The van der Waals surface area contributed by atoms with E-state index < -0.39 is 10.0 Å². The lowest BCUT2D eigenvalue weighted by Gasteiger charge is -2.34. The molecule has 1 fully saturated rings. The number of thiophene rings is 1. The highest BCUT2D eigenvalue weighted by Crippen LogP contribution is 2.32. The van der Waals surface area contributed by atoms with Crippen molar-refractivity contribution in [2.75, 3.05) is 53.4 Å². The molecule has 1 saturated heterocycles. The van der Waals surface area contributed by atoms with Crippen molar-refractivity contribution in [3.05, 3.63) is 15.4 Å². The molecule has 1 aliphatic heterocycles. The lowest BCUT2D eigenvalue weighted by atomic mass is 10.3. The van der Waals surface area contributed by atoms with Gasteiger partial charge in [-0.3, -0.25) is 4.90 Å². The molecule has 8 heteroatoms. The van der Waals surface area contributed by atoms with E-state index in [0.717, 1.165) is 35.5 Å². The van der Waals surface area contributed by atoms with Gasteiger partial charge in [0.25, 0.3) is 10.0 Å². The Morgan fingerprint density at radius 3 is 2.38 bits per heavy atom. The molecule has 0 aromatic carbocycles. The van der Waals surface area contributed by atoms with Crippen LogP contribution >= 0.6 is 27.3 Å². The average molecular weight is 396 g/mol. The summed E-state index contributed by atoms with van der Waals surface area (Å²) in [5, 5.41) is 0. The van der Waals surface area contributed by atoms with Gasteiger partial charge < -0.3 is 4.90 Å². The molecule has 2 heterocycles. The summed E-state index contributed by atoms with van der Waals surface area (Å²) in [7, 11) is 0.773. The highest BCUT2D eigenvalue weighted by molar-refractivity contribution is 9.11. The summed E-state index contributed by atoms with van der Waals surface area (Å²) in [4.78, 5) is 4.47. The van der Waals surface area contributed by atoms with Crippen molar-refractivity contribution in [3.8, 4) is 0 Å². The molecule has 1 aliphatic rings. The monoisotopic (exact) mass is 395 g/mol. The number of aryl methyl sites for hydroxylation is 1. The van der Waals surface area contributed by atoms with Crippen molar-refractivity contribution in [2.45, 2.75) is 11.1 Å². The van der Waals surface area contributed by atoms with Gasteiger partial charge in [0, 0.05) is 39.3 Å². The first-order chi connectivity index (χ1) is 9.80. The van der Waals surface area contributed by atoms with E-state index in [1.165, 1.54) is 11.3 Å². The Bertz CT molecular complexity index is 559. The van der Waals surface area contributed by atoms with Crippen LogP contribution in [-0.4, -0.2) is 75.9 Å². The minimum atomic E-state index is -3.33. The largest absolute Gasteiger partial charge is 0.308 e. The molecule has 0 unspecified atom stereocenters. The zero-order valence-electron chi connectivity index (χ0n) is 12.7. The number of halogens is 1. The van der Waals surface area contributed by atoms with E-state index in [4.69, 9.17) is 0 Å². The van der Waals surface area contributed by atoms with E-state index in [0.29, 0.717) is 17.3 Å². The van der Waals surface area contributed by atoms with Gasteiger partial charge in [-0.1, -0.05) is 0 Å². The fourth-order valence-electron chi connectivity index (χ4n) is 2.22. The number of sulfonamides is 1. The molecule has 2 rings (SSSR count). The second kappa shape index (κ2) is 7.06. The van der Waals surface area contributed by atoms with Gasteiger partial charge in [0.05, 0.1) is 3.79 Å². The third kappa shape index (κ3) is 4.27. The molecular weight excluding hydrogens is 374 g/mol. The number of rotatable bonds is 5. The Balaban J connectivity index is 1.98. The Kier molecular flexibility index (Phi) is 5.84. The Hall–Kier alpha value is 0.01000. The topological polar surface area (TPSA) is 43.9 Å². The first kappa shape index (κ1) is 17.4. The van der Waals surface area contributed by atoms with Gasteiger partial charge in [-0.2, -0.15) is 4.31 Å². The Morgan fingerprint density at radius 1 is 1.29 bits per heavy atom. The fourth-order valence-corrected chi connectivity index (χ4v) is 6.02. The molecular formula is C13H22BrN3O2S2. The number of piperazine rings is 1. The van der Waals surface area contributed by atoms with Crippen LogP contribution in [0.3, 0.4) is 0 Å². The highest BCUT2D eigenvalue weighted by atomic mass is 79.9. The van der Waals surface area contributed by atoms with Crippen molar-refractivity contribution < 1.29 is 8.42 Å². The summed E-state index contributed by atoms with van der Waals surface area (Å²) >= 11 is 4.70. The van der Waals surface area contributed by atoms with Crippen LogP contribution in [0.4, 0.5) is 0 Å². The second-order valence-corrected chi connectivity index (χ2v) is 10.1. The Labute approximate surface area is 139 Å². The molecule has 0 N–H and O–H groups in total. The van der Waals surface area contributed by atoms with Gasteiger partial charge in [0.1, 0.15) is 4.21 Å². The van der Waals surface area contributed by atoms with Crippen molar-refractivity contribution in [3.63, 3.8) is 0 Å². The second-order valence-electron chi connectivity index (χ2n) is 5.57. The lowest BCUT2D eigenvalue weighted by Crippen LogP contribution is -2.49. The van der Waals surface area contributed by atoms with Gasteiger partial charge in [0.2, 0.25) is 0 Å². The van der Waals surface area contributed by atoms with Gasteiger partial charge in [-0.05, 0) is 48.6 Å². The molecule has 0 bridgehead atoms. The van der Waals surface area contributed by atoms with Crippen LogP contribution in [0.25, 0.3) is 0 Å². The van der Waals surface area contributed by atoms with Crippen LogP contribution in [0.15, 0.2) is 14.1 Å². The van der Waals surface area contributed by atoms with Crippen molar-refractivity contribution in [1.82, 2.24) is 14.1 Å². The summed E-state index contributed by atoms with van der Waals surface area (Å²) < 4.78 is 28.2. The normalized spacial score (nSPS) is 18.5. The third-order valence-corrected chi connectivity index (χ3v) is 8.11. The van der Waals surface area contributed by atoms with E-state index in [1.807, 2.05) is 6.92 Å². The minimum Gasteiger partial charge on any atom is -0.308 e. The molecule has 0 radical (unpaired) electrons. The van der Waals surface area contributed by atoms with E-state index in [2.05, 4.69) is 39.8 Å². The lowest BCUT2D eigenvalue weighted by molar-refractivity contribution is 0.175. The molecule has 1 aromatic heterocycles. The maximum atomic E-state index is 12.6. The van der Waals surface area contributed by atoms with Crippen LogP contribution in [0.1, 0.15) is 5.56 Å². The predicted octanol–water partition coefficient (Wildman–Crippen LogP) is 1.69. The SMILES string of the molecule is Cc1cc(S(=O)(=O)N2CCN(CCN(C)C)CC2)sc1Br. The third-order valence-electron chi connectivity index (χ3n) is 3.62. The predicted molar refractivity (Wildman–Crippen MR) is 90.5 cm³/mol. The number of hydrogen-bond donors (Lipinski definition) is 0. The van der Waals surface area contributed by atoms with Crippen LogP contribution in [0, 0.1) is 6.92 Å². The zero-order chi connectivity index (χ0) is 15.6. The molecule has 21 heavy (non-hydrogen) atoms. The maximum absolute atomic E-state index is 12.6. The number of hydrogen-bond acceptors (Lipinski definition) is 5. The van der Waals surface area contributed by atoms with Crippen molar-refractivity contribution in [2.24, 2.45) is 0 Å². The summed E-state index contributed by atoms with van der Waals surface area (Å²) in [6.45, 7) is 6.67. The van der Waals surface area contributed by atoms with E-state index in [9.17, 15) is 8.42 Å². The molecule has 0 saturated carbocycles. The van der Waals surface area contributed by atoms with Gasteiger partial charge in [0.15, 0.2) is 0 Å².